The zero-order valence-corrected chi connectivity index (χ0v) is 13.4. The monoisotopic (exact) mass is 301 g/mol. The van der Waals surface area contributed by atoms with Gasteiger partial charge >= 0.3 is 6.03 Å². The Kier molecular flexibility index (Phi) is 5.04. The maximum Gasteiger partial charge on any atom is 0.322 e. The topological polar surface area (TPSA) is 65.4 Å². The maximum atomic E-state index is 12.5. The number of anilines is 1. The van der Waals surface area contributed by atoms with Crippen LogP contribution in [-0.4, -0.2) is 35.7 Å². The van der Waals surface area contributed by atoms with Crippen molar-refractivity contribution in [1.82, 2.24) is 4.90 Å². The molecule has 1 aliphatic heterocycles. The first-order valence-electron chi connectivity index (χ1n) is 7.67. The summed E-state index contributed by atoms with van der Waals surface area (Å²) in [4.78, 5) is 14.4. The number of nitrogens with one attached hydrogen (secondary N) is 1. The molecule has 0 bridgehead atoms. The van der Waals surface area contributed by atoms with Crippen LogP contribution in [0.25, 0.3) is 0 Å². The maximum absolute atomic E-state index is 12.5. The zero-order valence-electron chi connectivity index (χ0n) is 13.4. The van der Waals surface area contributed by atoms with E-state index in [4.69, 9.17) is 10.00 Å². The van der Waals surface area contributed by atoms with Crippen LogP contribution in [0.5, 0.6) is 0 Å². The molecule has 1 heterocycles. The quantitative estimate of drug-likeness (QED) is 0.931. The van der Waals surface area contributed by atoms with Crippen LogP contribution >= 0.6 is 0 Å². The summed E-state index contributed by atoms with van der Waals surface area (Å²) in [7, 11) is 0. The van der Waals surface area contributed by atoms with E-state index in [0.29, 0.717) is 24.4 Å². The van der Waals surface area contributed by atoms with Gasteiger partial charge in [0.2, 0.25) is 0 Å². The predicted octanol–water partition coefficient (Wildman–Crippen LogP) is 3.37. The number of carbonyl (C=O) groups excluding carboxylic acids is 1. The first-order valence-corrected chi connectivity index (χ1v) is 7.67. The van der Waals surface area contributed by atoms with Crippen LogP contribution in [0.15, 0.2) is 24.3 Å². The van der Waals surface area contributed by atoms with Crippen molar-refractivity contribution < 1.29 is 9.53 Å². The van der Waals surface area contributed by atoms with E-state index < -0.39 is 0 Å². The molecule has 1 atom stereocenters. The molecule has 1 aromatic carbocycles. The van der Waals surface area contributed by atoms with Gasteiger partial charge in [0, 0.05) is 24.9 Å². The van der Waals surface area contributed by atoms with Crippen LogP contribution in [-0.2, 0) is 4.74 Å². The first kappa shape index (κ1) is 16.3. The van der Waals surface area contributed by atoms with Crippen molar-refractivity contribution in [2.75, 3.05) is 18.5 Å². The van der Waals surface area contributed by atoms with Gasteiger partial charge in [-0.05, 0) is 57.9 Å². The third kappa shape index (κ3) is 3.99. The molecular weight excluding hydrogens is 278 g/mol. The third-order valence-corrected chi connectivity index (χ3v) is 3.98. The normalized spacial score (nSPS) is 20.0. The number of hydrogen-bond acceptors (Lipinski definition) is 3. The van der Waals surface area contributed by atoms with Crippen molar-refractivity contribution in [3.8, 4) is 6.07 Å². The molecule has 5 nitrogen and oxygen atoms in total. The van der Waals surface area contributed by atoms with Gasteiger partial charge in [0.1, 0.15) is 0 Å². The fourth-order valence-corrected chi connectivity index (χ4v) is 2.86. The lowest BCUT2D eigenvalue weighted by atomic mass is 9.93. The highest BCUT2D eigenvalue weighted by Gasteiger charge is 2.33. The number of nitriles is 1. The average Bonchev–Trinajstić information content (AvgIpc) is 2.48. The fraction of sp³-hybridized carbons (Fsp3) is 0.529. The molecule has 2 amide bonds. The van der Waals surface area contributed by atoms with E-state index in [9.17, 15) is 4.79 Å². The van der Waals surface area contributed by atoms with Gasteiger partial charge in [-0.1, -0.05) is 0 Å². The minimum atomic E-state index is -0.189. The highest BCUT2D eigenvalue weighted by atomic mass is 16.5. The molecule has 5 heteroatoms. The lowest BCUT2D eigenvalue weighted by Gasteiger charge is -2.40. The van der Waals surface area contributed by atoms with E-state index in [1.165, 1.54) is 0 Å². The minimum absolute atomic E-state index is 0.102. The summed E-state index contributed by atoms with van der Waals surface area (Å²) in [6.45, 7) is 7.44. The molecule has 0 aromatic heterocycles. The molecule has 1 aromatic rings. The van der Waals surface area contributed by atoms with Crippen molar-refractivity contribution in [3.05, 3.63) is 29.8 Å². The summed E-state index contributed by atoms with van der Waals surface area (Å²) in [6.07, 6.45) is 1.69. The second-order valence-electron chi connectivity index (χ2n) is 6.16. The van der Waals surface area contributed by atoms with Crippen molar-refractivity contribution in [2.45, 2.75) is 45.3 Å². The number of rotatable bonds is 3. The van der Waals surface area contributed by atoms with Gasteiger partial charge in [0.05, 0.1) is 17.2 Å². The van der Waals surface area contributed by atoms with E-state index in [0.717, 1.165) is 12.8 Å². The molecule has 1 saturated heterocycles. The van der Waals surface area contributed by atoms with Crippen molar-refractivity contribution in [3.63, 3.8) is 0 Å². The van der Waals surface area contributed by atoms with Gasteiger partial charge in [0.25, 0.3) is 0 Å². The number of benzene rings is 1. The van der Waals surface area contributed by atoms with Crippen LogP contribution in [0.4, 0.5) is 10.5 Å². The molecular formula is C17H23N3O2. The molecule has 0 aliphatic carbocycles. The molecule has 118 valence electrons. The second kappa shape index (κ2) is 6.80. The van der Waals surface area contributed by atoms with Crippen molar-refractivity contribution in [1.29, 1.82) is 5.26 Å². The molecule has 22 heavy (non-hydrogen) atoms. The van der Waals surface area contributed by atoms with Crippen LogP contribution in [0.1, 0.15) is 39.2 Å². The summed E-state index contributed by atoms with van der Waals surface area (Å²) >= 11 is 0. The van der Waals surface area contributed by atoms with Crippen molar-refractivity contribution in [2.24, 2.45) is 0 Å². The van der Waals surface area contributed by atoms with Gasteiger partial charge in [-0.15, -0.1) is 0 Å². The molecule has 1 N–H and O–H groups in total. The first-order chi connectivity index (χ1) is 10.4. The lowest BCUT2D eigenvalue weighted by molar-refractivity contribution is -0.0758. The van der Waals surface area contributed by atoms with E-state index >= 15 is 0 Å². The van der Waals surface area contributed by atoms with E-state index in [1.807, 2.05) is 11.8 Å². The average molecular weight is 301 g/mol. The van der Waals surface area contributed by atoms with E-state index in [1.54, 1.807) is 24.3 Å². The Bertz CT molecular complexity index is 560. The van der Waals surface area contributed by atoms with Gasteiger partial charge in [-0.3, -0.25) is 0 Å². The molecule has 1 fully saturated rings. The number of nitrogens with zero attached hydrogens (tertiary/aromatic N) is 2. The summed E-state index contributed by atoms with van der Waals surface area (Å²) < 4.78 is 5.72. The number of hydrogen-bond donors (Lipinski definition) is 1. The number of ether oxygens (including phenoxy) is 1. The molecule has 0 unspecified atom stereocenters. The Morgan fingerprint density at radius 2 is 2.14 bits per heavy atom. The molecule has 0 radical (unpaired) electrons. The van der Waals surface area contributed by atoms with Crippen LogP contribution in [0, 0.1) is 11.3 Å². The SMILES string of the molecule is CCN(C(=O)Nc1ccc(C#N)cc1)[C@@H]1CCOC(C)(C)C1. The summed E-state index contributed by atoms with van der Waals surface area (Å²) in [6, 6.07) is 9.04. The molecule has 2 rings (SSSR count). The van der Waals surface area contributed by atoms with Crippen molar-refractivity contribution >= 4 is 11.7 Å². The van der Waals surface area contributed by atoms with Crippen LogP contribution in [0.3, 0.4) is 0 Å². The Morgan fingerprint density at radius 3 is 2.68 bits per heavy atom. The molecule has 1 aliphatic rings. The minimum Gasteiger partial charge on any atom is -0.375 e. The number of urea groups is 1. The van der Waals surface area contributed by atoms with Gasteiger partial charge in [-0.2, -0.15) is 5.26 Å². The van der Waals surface area contributed by atoms with E-state index in [2.05, 4.69) is 25.2 Å². The highest BCUT2D eigenvalue weighted by molar-refractivity contribution is 5.89. The number of amides is 2. The fourth-order valence-electron chi connectivity index (χ4n) is 2.86. The lowest BCUT2D eigenvalue weighted by Crippen LogP contribution is -2.49. The molecule has 0 spiro atoms. The second-order valence-corrected chi connectivity index (χ2v) is 6.16. The van der Waals surface area contributed by atoms with E-state index in [-0.39, 0.29) is 17.7 Å². The summed E-state index contributed by atoms with van der Waals surface area (Å²) in [5.74, 6) is 0. The zero-order chi connectivity index (χ0) is 16.2. The smallest absolute Gasteiger partial charge is 0.322 e. The van der Waals surface area contributed by atoms with Gasteiger partial charge in [0.15, 0.2) is 0 Å². The predicted molar refractivity (Wildman–Crippen MR) is 85.6 cm³/mol. The van der Waals surface area contributed by atoms with Crippen LogP contribution in [0.2, 0.25) is 0 Å². The summed E-state index contributed by atoms with van der Waals surface area (Å²) in [5.41, 5.74) is 1.09. The Labute approximate surface area is 131 Å². The summed E-state index contributed by atoms with van der Waals surface area (Å²) in [5, 5.41) is 11.7. The molecule has 0 saturated carbocycles. The van der Waals surface area contributed by atoms with Crippen LogP contribution < -0.4 is 5.32 Å². The van der Waals surface area contributed by atoms with Gasteiger partial charge in [-0.25, -0.2) is 4.79 Å². The highest BCUT2D eigenvalue weighted by Crippen LogP contribution is 2.27. The standard InChI is InChI=1S/C17H23N3O2/c1-4-20(15-9-10-22-17(2,3)11-15)16(21)19-14-7-5-13(12-18)6-8-14/h5-8,15H,4,9-11H2,1-3H3,(H,19,21)/t15-/m1/s1. The van der Waals surface area contributed by atoms with Gasteiger partial charge < -0.3 is 15.0 Å². The number of carbonyl (C=O) groups is 1. The third-order valence-electron chi connectivity index (χ3n) is 3.98. The Balaban J connectivity index is 2.03. The Morgan fingerprint density at radius 1 is 1.45 bits per heavy atom. The largest absolute Gasteiger partial charge is 0.375 e. The Hall–Kier alpha value is -2.06.